The van der Waals surface area contributed by atoms with E-state index in [1.165, 1.54) is 6.07 Å². The minimum Gasteiger partial charge on any atom is -0.170 e. The van der Waals surface area contributed by atoms with Crippen LogP contribution in [-0.2, 0) is 11.6 Å². The van der Waals surface area contributed by atoms with Crippen LogP contribution in [0.5, 0.6) is 0 Å². The average Bonchev–Trinajstić information content (AvgIpc) is 3.07. The number of alkyl halides is 6. The van der Waals surface area contributed by atoms with E-state index in [9.17, 15) is 26.3 Å². The third kappa shape index (κ3) is 2.52. The molecule has 1 aliphatic carbocycles. The van der Waals surface area contributed by atoms with Gasteiger partial charge in [-0.05, 0) is 42.0 Å². The molecule has 1 fully saturated rings. The fraction of sp³-hybridized carbons (Fsp3) is 0.571. The fourth-order valence-electron chi connectivity index (χ4n) is 2.29. The van der Waals surface area contributed by atoms with E-state index < -0.39 is 23.3 Å². The van der Waals surface area contributed by atoms with Gasteiger partial charge in [-0.15, -0.1) is 0 Å². The van der Waals surface area contributed by atoms with Crippen molar-refractivity contribution in [1.29, 1.82) is 0 Å². The van der Waals surface area contributed by atoms with Gasteiger partial charge in [-0.3, -0.25) is 0 Å². The number of halogens is 6. The SMILES string of the molecule is CC(C)c1cc(C(F)(F)F)cc(C2(C(F)(F)F)CC2)c1. The molecule has 0 nitrogen and oxygen atoms in total. The first-order valence-corrected chi connectivity index (χ1v) is 6.27. The summed E-state index contributed by atoms with van der Waals surface area (Å²) in [5.41, 5.74) is -3.07. The lowest BCUT2D eigenvalue weighted by atomic mass is 9.89. The van der Waals surface area contributed by atoms with E-state index in [0.717, 1.165) is 6.07 Å². The molecule has 1 aromatic carbocycles. The van der Waals surface area contributed by atoms with Crippen molar-refractivity contribution in [2.75, 3.05) is 0 Å². The highest BCUT2D eigenvalue weighted by molar-refractivity contribution is 5.42. The molecule has 1 aromatic rings. The predicted octanol–water partition coefficient (Wildman–Crippen LogP) is 5.42. The minimum absolute atomic E-state index is 0.144. The summed E-state index contributed by atoms with van der Waals surface area (Å²) in [6, 6.07) is 2.84. The van der Waals surface area contributed by atoms with Crippen molar-refractivity contribution in [1.82, 2.24) is 0 Å². The van der Waals surface area contributed by atoms with E-state index in [1.807, 2.05) is 0 Å². The molecule has 6 heteroatoms. The molecule has 0 aliphatic heterocycles. The smallest absolute Gasteiger partial charge is 0.170 e. The van der Waals surface area contributed by atoms with Crippen LogP contribution in [0.25, 0.3) is 0 Å². The van der Waals surface area contributed by atoms with E-state index in [4.69, 9.17) is 0 Å². The van der Waals surface area contributed by atoms with Gasteiger partial charge in [0.25, 0.3) is 0 Å². The summed E-state index contributed by atoms with van der Waals surface area (Å²) in [7, 11) is 0. The van der Waals surface area contributed by atoms with E-state index in [-0.39, 0.29) is 29.9 Å². The Balaban J connectivity index is 2.57. The van der Waals surface area contributed by atoms with Crippen molar-refractivity contribution in [3.63, 3.8) is 0 Å². The van der Waals surface area contributed by atoms with Crippen LogP contribution in [0.15, 0.2) is 18.2 Å². The molecule has 0 amide bonds. The van der Waals surface area contributed by atoms with Gasteiger partial charge in [0.2, 0.25) is 0 Å². The van der Waals surface area contributed by atoms with Crippen LogP contribution in [0.3, 0.4) is 0 Å². The van der Waals surface area contributed by atoms with Gasteiger partial charge in [0.1, 0.15) is 0 Å². The van der Waals surface area contributed by atoms with Gasteiger partial charge in [-0.2, -0.15) is 26.3 Å². The van der Waals surface area contributed by atoms with Crippen LogP contribution in [0.4, 0.5) is 26.3 Å². The molecule has 0 bridgehead atoms. The number of hydrogen-bond acceptors (Lipinski definition) is 0. The van der Waals surface area contributed by atoms with Crippen molar-refractivity contribution < 1.29 is 26.3 Å². The fourth-order valence-corrected chi connectivity index (χ4v) is 2.29. The Labute approximate surface area is 112 Å². The van der Waals surface area contributed by atoms with Crippen molar-refractivity contribution in [3.05, 3.63) is 34.9 Å². The zero-order valence-electron chi connectivity index (χ0n) is 11.0. The molecule has 0 radical (unpaired) electrons. The lowest BCUT2D eigenvalue weighted by Crippen LogP contribution is -2.29. The largest absolute Gasteiger partial charge is 0.416 e. The Bertz CT molecular complexity index is 505. The predicted molar refractivity (Wildman–Crippen MR) is 62.5 cm³/mol. The zero-order valence-corrected chi connectivity index (χ0v) is 11.0. The Morgan fingerprint density at radius 2 is 1.50 bits per heavy atom. The van der Waals surface area contributed by atoms with Gasteiger partial charge in [0, 0.05) is 0 Å². The molecule has 0 saturated heterocycles. The molecule has 0 heterocycles. The second kappa shape index (κ2) is 4.40. The third-order valence-corrected chi connectivity index (χ3v) is 3.79. The molecule has 0 unspecified atom stereocenters. The van der Waals surface area contributed by atoms with Gasteiger partial charge in [0.05, 0.1) is 11.0 Å². The molecular formula is C14H14F6. The van der Waals surface area contributed by atoms with Crippen LogP contribution in [-0.4, -0.2) is 6.18 Å². The summed E-state index contributed by atoms with van der Waals surface area (Å²) < 4.78 is 77.7. The number of hydrogen-bond donors (Lipinski definition) is 0. The van der Waals surface area contributed by atoms with Crippen LogP contribution in [0.1, 0.15) is 49.3 Å². The molecule has 2 rings (SSSR count). The summed E-state index contributed by atoms with van der Waals surface area (Å²) in [4.78, 5) is 0. The quantitative estimate of drug-likeness (QED) is 0.639. The van der Waals surface area contributed by atoms with Crippen LogP contribution < -0.4 is 0 Å². The molecule has 112 valence electrons. The molecule has 1 saturated carbocycles. The molecule has 0 aromatic heterocycles. The summed E-state index contributed by atoms with van der Waals surface area (Å²) >= 11 is 0. The third-order valence-electron chi connectivity index (χ3n) is 3.79. The highest BCUT2D eigenvalue weighted by Crippen LogP contribution is 2.59. The lowest BCUT2D eigenvalue weighted by Gasteiger charge is -2.22. The first-order valence-electron chi connectivity index (χ1n) is 6.27. The Morgan fingerprint density at radius 3 is 1.85 bits per heavy atom. The Kier molecular flexibility index (Phi) is 3.34. The van der Waals surface area contributed by atoms with E-state index in [2.05, 4.69) is 0 Å². The number of rotatable bonds is 2. The average molecular weight is 296 g/mol. The first-order chi connectivity index (χ1) is 8.97. The van der Waals surface area contributed by atoms with E-state index in [1.54, 1.807) is 13.8 Å². The van der Waals surface area contributed by atoms with Crippen molar-refractivity contribution in [3.8, 4) is 0 Å². The second-order valence-corrected chi connectivity index (χ2v) is 5.58. The maximum Gasteiger partial charge on any atom is 0.416 e. The van der Waals surface area contributed by atoms with E-state index >= 15 is 0 Å². The molecule has 0 N–H and O–H groups in total. The van der Waals surface area contributed by atoms with Crippen molar-refractivity contribution in [2.45, 2.75) is 50.4 Å². The number of benzene rings is 1. The monoisotopic (exact) mass is 296 g/mol. The lowest BCUT2D eigenvalue weighted by molar-refractivity contribution is -0.161. The molecular weight excluding hydrogens is 282 g/mol. The van der Waals surface area contributed by atoms with Crippen molar-refractivity contribution in [2.24, 2.45) is 0 Å². The topological polar surface area (TPSA) is 0 Å². The first kappa shape index (κ1) is 15.2. The second-order valence-electron chi connectivity index (χ2n) is 5.58. The standard InChI is InChI=1S/C14H14F6/c1-8(2)9-5-10(7-11(6-9)13(15,16)17)12(3-4-12)14(18,19)20/h5-8H,3-4H2,1-2H3. The molecule has 0 spiro atoms. The van der Waals surface area contributed by atoms with Crippen LogP contribution in [0, 0.1) is 0 Å². The van der Waals surface area contributed by atoms with Crippen molar-refractivity contribution >= 4 is 0 Å². The van der Waals surface area contributed by atoms with Gasteiger partial charge in [-0.25, -0.2) is 0 Å². The van der Waals surface area contributed by atoms with Gasteiger partial charge in [0.15, 0.2) is 0 Å². The maximum atomic E-state index is 13.1. The summed E-state index contributed by atoms with van der Waals surface area (Å²) in [5.74, 6) is -0.264. The summed E-state index contributed by atoms with van der Waals surface area (Å²) in [6.45, 7) is 3.32. The maximum absolute atomic E-state index is 13.1. The van der Waals surface area contributed by atoms with Gasteiger partial charge < -0.3 is 0 Å². The zero-order chi connectivity index (χ0) is 15.3. The van der Waals surface area contributed by atoms with Crippen LogP contribution in [0.2, 0.25) is 0 Å². The van der Waals surface area contributed by atoms with Crippen LogP contribution >= 0.6 is 0 Å². The highest BCUT2D eigenvalue weighted by atomic mass is 19.4. The van der Waals surface area contributed by atoms with E-state index in [0.29, 0.717) is 6.07 Å². The Morgan fingerprint density at radius 1 is 0.950 bits per heavy atom. The molecule has 20 heavy (non-hydrogen) atoms. The molecule has 0 atom stereocenters. The van der Waals surface area contributed by atoms with Gasteiger partial charge >= 0.3 is 12.4 Å². The normalized spacial score (nSPS) is 18.4. The van der Waals surface area contributed by atoms with Gasteiger partial charge in [-0.1, -0.05) is 19.9 Å². The minimum atomic E-state index is -4.64. The summed E-state index contributed by atoms with van der Waals surface area (Å²) in [6.07, 6.45) is -9.43. The Hall–Kier alpha value is -1.20. The highest BCUT2D eigenvalue weighted by Gasteiger charge is 2.64. The molecule has 1 aliphatic rings. The summed E-state index contributed by atoms with van der Waals surface area (Å²) in [5, 5.41) is 0.